The van der Waals surface area contributed by atoms with E-state index >= 15 is 0 Å². The lowest BCUT2D eigenvalue weighted by Crippen LogP contribution is -2.27. The van der Waals surface area contributed by atoms with E-state index in [2.05, 4.69) is 36.6 Å². The van der Waals surface area contributed by atoms with Gasteiger partial charge in [0.1, 0.15) is 5.82 Å². The van der Waals surface area contributed by atoms with Crippen LogP contribution in [0.5, 0.6) is 0 Å². The molecule has 0 bridgehead atoms. The predicted octanol–water partition coefficient (Wildman–Crippen LogP) is 1.54. The van der Waals surface area contributed by atoms with Gasteiger partial charge in [0.05, 0.1) is 17.1 Å². The Hall–Kier alpha value is -1.70. The molecule has 1 aromatic carbocycles. The molecule has 0 fully saturated rings. The third kappa shape index (κ3) is 3.89. The first-order chi connectivity index (χ1) is 9.72. The number of rotatable bonds is 6. The van der Waals surface area contributed by atoms with E-state index in [4.69, 9.17) is 5.84 Å². The number of aliphatic hydroxyl groups excluding tert-OH is 1. The van der Waals surface area contributed by atoms with Gasteiger partial charge in [0, 0.05) is 6.20 Å². The zero-order valence-electron chi connectivity index (χ0n) is 10.8. The summed E-state index contributed by atoms with van der Waals surface area (Å²) in [6.45, 7) is -0.00325. The fourth-order valence-electron chi connectivity index (χ4n) is 1.79. The van der Waals surface area contributed by atoms with Crippen LogP contribution in [0.2, 0.25) is 0 Å². The molecule has 1 aromatic heterocycles. The molecule has 106 valence electrons. The maximum atomic E-state index is 9.50. The van der Waals surface area contributed by atoms with Crippen molar-refractivity contribution in [1.82, 2.24) is 9.97 Å². The van der Waals surface area contributed by atoms with E-state index in [-0.39, 0.29) is 12.6 Å². The van der Waals surface area contributed by atoms with Crippen molar-refractivity contribution in [1.29, 1.82) is 0 Å². The summed E-state index contributed by atoms with van der Waals surface area (Å²) in [6.07, 6.45) is 2.29. The van der Waals surface area contributed by atoms with Crippen molar-refractivity contribution in [2.75, 3.05) is 17.3 Å². The molecule has 0 spiro atoms. The van der Waals surface area contributed by atoms with Crippen LogP contribution in [0.15, 0.2) is 41.0 Å². The third-order valence-electron chi connectivity index (χ3n) is 2.76. The fourth-order valence-corrected chi connectivity index (χ4v) is 2.10. The zero-order valence-corrected chi connectivity index (χ0v) is 12.3. The van der Waals surface area contributed by atoms with Crippen LogP contribution in [0.4, 0.5) is 11.8 Å². The Bertz CT molecular complexity index is 552. The number of aliphatic hydroxyl groups is 1. The SMILES string of the molecule is NNc1ncc(Br)c(NC(CO)Cc2ccccc2)n1. The van der Waals surface area contributed by atoms with E-state index in [1.807, 2.05) is 30.3 Å². The van der Waals surface area contributed by atoms with Crippen molar-refractivity contribution in [3.63, 3.8) is 0 Å². The van der Waals surface area contributed by atoms with Gasteiger partial charge >= 0.3 is 0 Å². The number of nitrogens with two attached hydrogens (primary N) is 1. The number of hydrogen-bond acceptors (Lipinski definition) is 6. The number of benzene rings is 1. The van der Waals surface area contributed by atoms with Crippen LogP contribution in [-0.4, -0.2) is 27.7 Å². The van der Waals surface area contributed by atoms with Gasteiger partial charge in [-0.3, -0.25) is 5.43 Å². The van der Waals surface area contributed by atoms with Gasteiger partial charge in [-0.15, -0.1) is 0 Å². The fraction of sp³-hybridized carbons (Fsp3) is 0.231. The van der Waals surface area contributed by atoms with Crippen LogP contribution < -0.4 is 16.6 Å². The second kappa shape index (κ2) is 7.18. The zero-order chi connectivity index (χ0) is 14.4. The number of aromatic nitrogens is 2. The van der Waals surface area contributed by atoms with Crippen molar-refractivity contribution < 1.29 is 5.11 Å². The van der Waals surface area contributed by atoms with Gasteiger partial charge in [-0.05, 0) is 27.9 Å². The minimum Gasteiger partial charge on any atom is -0.394 e. The van der Waals surface area contributed by atoms with Gasteiger partial charge in [-0.25, -0.2) is 10.8 Å². The minimum absolute atomic E-state index is 0.00325. The molecule has 0 aliphatic rings. The molecule has 1 heterocycles. The first-order valence-electron chi connectivity index (χ1n) is 6.13. The van der Waals surface area contributed by atoms with Crippen molar-refractivity contribution in [2.45, 2.75) is 12.5 Å². The normalized spacial score (nSPS) is 11.9. The second-order valence-corrected chi connectivity index (χ2v) is 5.10. The topological polar surface area (TPSA) is 96.1 Å². The quantitative estimate of drug-likeness (QED) is 0.471. The smallest absolute Gasteiger partial charge is 0.239 e. The minimum atomic E-state index is -0.144. The molecular formula is C13H16BrN5O. The summed E-state index contributed by atoms with van der Waals surface area (Å²) in [5, 5.41) is 12.7. The molecule has 20 heavy (non-hydrogen) atoms. The molecule has 0 aliphatic heterocycles. The first kappa shape index (κ1) is 14.7. The average Bonchev–Trinajstić information content (AvgIpc) is 2.49. The van der Waals surface area contributed by atoms with Crippen molar-refractivity contribution >= 4 is 27.7 Å². The van der Waals surface area contributed by atoms with Gasteiger partial charge in [-0.2, -0.15) is 4.98 Å². The van der Waals surface area contributed by atoms with Crippen LogP contribution in [-0.2, 0) is 6.42 Å². The third-order valence-corrected chi connectivity index (χ3v) is 3.34. The number of halogens is 1. The van der Waals surface area contributed by atoms with E-state index in [1.165, 1.54) is 0 Å². The largest absolute Gasteiger partial charge is 0.394 e. The Kier molecular flexibility index (Phi) is 5.28. The predicted molar refractivity (Wildman–Crippen MR) is 82.2 cm³/mol. The maximum Gasteiger partial charge on any atom is 0.239 e. The summed E-state index contributed by atoms with van der Waals surface area (Å²) in [4.78, 5) is 8.18. The van der Waals surface area contributed by atoms with Crippen LogP contribution in [0, 0.1) is 0 Å². The van der Waals surface area contributed by atoms with Crippen LogP contribution in [0.25, 0.3) is 0 Å². The summed E-state index contributed by atoms with van der Waals surface area (Å²) >= 11 is 3.37. The van der Waals surface area contributed by atoms with E-state index in [9.17, 15) is 5.11 Å². The van der Waals surface area contributed by atoms with Gasteiger partial charge in [0.15, 0.2) is 0 Å². The number of nitrogen functional groups attached to an aromatic ring is 1. The first-order valence-corrected chi connectivity index (χ1v) is 6.92. The summed E-state index contributed by atoms with van der Waals surface area (Å²) in [5.41, 5.74) is 3.53. The number of hydrazine groups is 1. The Morgan fingerprint density at radius 3 is 2.70 bits per heavy atom. The monoisotopic (exact) mass is 337 g/mol. The lowest BCUT2D eigenvalue weighted by molar-refractivity contribution is 0.273. The van der Waals surface area contributed by atoms with Crippen molar-refractivity contribution in [3.8, 4) is 0 Å². The summed E-state index contributed by atoms with van der Waals surface area (Å²) in [5.74, 6) is 6.19. The highest BCUT2D eigenvalue weighted by atomic mass is 79.9. The van der Waals surface area contributed by atoms with E-state index in [0.717, 1.165) is 5.56 Å². The van der Waals surface area contributed by atoms with E-state index in [1.54, 1.807) is 6.20 Å². The van der Waals surface area contributed by atoms with E-state index < -0.39 is 0 Å². The average molecular weight is 338 g/mol. The lowest BCUT2D eigenvalue weighted by Gasteiger charge is -2.18. The van der Waals surface area contributed by atoms with Crippen molar-refractivity contribution in [3.05, 3.63) is 46.6 Å². The maximum absolute atomic E-state index is 9.50. The molecular weight excluding hydrogens is 322 g/mol. The van der Waals surface area contributed by atoms with Gasteiger partial charge < -0.3 is 10.4 Å². The molecule has 1 atom stereocenters. The number of nitrogens with zero attached hydrogens (tertiary/aromatic N) is 2. The molecule has 6 nitrogen and oxygen atoms in total. The Labute approximate surface area is 125 Å². The van der Waals surface area contributed by atoms with Gasteiger partial charge in [0.25, 0.3) is 0 Å². The molecule has 7 heteroatoms. The van der Waals surface area contributed by atoms with Gasteiger partial charge in [-0.1, -0.05) is 30.3 Å². The molecule has 0 saturated heterocycles. The van der Waals surface area contributed by atoms with Crippen molar-refractivity contribution in [2.24, 2.45) is 5.84 Å². The number of hydrogen-bond donors (Lipinski definition) is 4. The Morgan fingerprint density at radius 2 is 2.05 bits per heavy atom. The standard InChI is InChI=1S/C13H16BrN5O/c14-11-7-16-13(19-15)18-12(11)17-10(8-20)6-9-4-2-1-3-5-9/h1-5,7,10,20H,6,8,15H2,(H2,16,17,18,19). The molecule has 2 aromatic rings. The Morgan fingerprint density at radius 1 is 1.30 bits per heavy atom. The molecule has 0 saturated carbocycles. The van der Waals surface area contributed by atoms with Crippen LogP contribution in [0.1, 0.15) is 5.56 Å². The number of nitrogens with one attached hydrogen (secondary N) is 2. The molecule has 1 unspecified atom stereocenters. The molecule has 0 aliphatic carbocycles. The lowest BCUT2D eigenvalue weighted by atomic mass is 10.1. The van der Waals surface area contributed by atoms with Crippen LogP contribution in [0.3, 0.4) is 0 Å². The number of anilines is 2. The summed E-state index contributed by atoms with van der Waals surface area (Å²) < 4.78 is 0.711. The van der Waals surface area contributed by atoms with Gasteiger partial charge in [0.2, 0.25) is 5.95 Å². The second-order valence-electron chi connectivity index (χ2n) is 4.25. The highest BCUT2D eigenvalue weighted by Gasteiger charge is 2.12. The summed E-state index contributed by atoms with van der Waals surface area (Å²) in [7, 11) is 0. The summed E-state index contributed by atoms with van der Waals surface area (Å²) in [6, 6.07) is 9.81. The Balaban J connectivity index is 2.10. The molecule has 5 N–H and O–H groups in total. The van der Waals surface area contributed by atoms with Crippen LogP contribution >= 0.6 is 15.9 Å². The molecule has 0 radical (unpaired) electrons. The highest BCUT2D eigenvalue weighted by molar-refractivity contribution is 9.10. The van der Waals surface area contributed by atoms with E-state index in [0.29, 0.717) is 22.7 Å². The molecule has 0 amide bonds. The molecule has 2 rings (SSSR count). The highest BCUT2D eigenvalue weighted by Crippen LogP contribution is 2.21.